The highest BCUT2D eigenvalue weighted by Gasteiger charge is 2.34. The number of nitriles is 1. The summed E-state index contributed by atoms with van der Waals surface area (Å²) < 4.78 is 56.4. The molecule has 0 spiro atoms. The fourth-order valence-electron chi connectivity index (χ4n) is 6.07. The van der Waals surface area contributed by atoms with Crippen molar-refractivity contribution in [1.29, 1.82) is 5.26 Å². The van der Waals surface area contributed by atoms with Gasteiger partial charge in [0.15, 0.2) is 0 Å². The van der Waals surface area contributed by atoms with Crippen LogP contribution >= 0.6 is 11.6 Å². The Kier molecular flexibility index (Phi) is 9.02. The van der Waals surface area contributed by atoms with Gasteiger partial charge in [0, 0.05) is 41.6 Å². The first-order valence-corrected chi connectivity index (χ1v) is 15.8. The predicted octanol–water partition coefficient (Wildman–Crippen LogP) is 8.89. The monoisotopic (exact) mass is 676 g/mol. The number of hydrogen-bond acceptors (Lipinski definition) is 7. The highest BCUT2D eigenvalue weighted by molar-refractivity contribution is 6.36. The van der Waals surface area contributed by atoms with E-state index in [1.807, 2.05) is 47.3 Å². The van der Waals surface area contributed by atoms with E-state index in [0.717, 1.165) is 37.6 Å². The van der Waals surface area contributed by atoms with E-state index in [-0.39, 0.29) is 33.5 Å². The van der Waals surface area contributed by atoms with Crippen LogP contribution in [0.1, 0.15) is 68.1 Å². The zero-order chi connectivity index (χ0) is 34.2. The van der Waals surface area contributed by atoms with Crippen LogP contribution in [0.2, 0.25) is 5.02 Å². The molecule has 5 aromatic rings. The normalized spacial score (nSPS) is 15.3. The number of nitrogens with one attached hydrogen (secondary N) is 2. The molecule has 1 aliphatic rings. The second-order valence-electron chi connectivity index (χ2n) is 12.8. The molecule has 2 N–H and O–H groups in total. The third-order valence-corrected chi connectivity index (χ3v) is 8.93. The van der Waals surface area contributed by atoms with Crippen molar-refractivity contribution < 1.29 is 17.6 Å². The summed E-state index contributed by atoms with van der Waals surface area (Å²) in [7, 11) is 0. The van der Waals surface area contributed by atoms with Crippen LogP contribution in [0.15, 0.2) is 73.1 Å². The highest BCUT2D eigenvalue weighted by atomic mass is 35.5. The quantitative estimate of drug-likeness (QED) is 0.166. The summed E-state index contributed by atoms with van der Waals surface area (Å²) in [5.41, 5.74) is 1.32. The van der Waals surface area contributed by atoms with Gasteiger partial charge >= 0.3 is 6.18 Å². The lowest BCUT2D eigenvalue weighted by Crippen LogP contribution is -2.46. The number of piperidine rings is 1. The molecule has 0 radical (unpaired) electrons. The van der Waals surface area contributed by atoms with Gasteiger partial charge < -0.3 is 10.6 Å². The molecular formula is C35H33ClF4N8. The van der Waals surface area contributed by atoms with Crippen LogP contribution in [0.5, 0.6) is 0 Å². The van der Waals surface area contributed by atoms with Crippen LogP contribution < -0.4 is 10.6 Å². The molecule has 1 fully saturated rings. The fourth-order valence-corrected chi connectivity index (χ4v) is 6.34. The topological polar surface area (TPSA) is 94.7 Å². The summed E-state index contributed by atoms with van der Waals surface area (Å²) in [5.74, 6) is -1.40. The lowest BCUT2D eigenvalue weighted by molar-refractivity contribution is -0.139. The first-order valence-electron chi connectivity index (χ1n) is 15.5. The van der Waals surface area contributed by atoms with E-state index in [1.165, 1.54) is 12.3 Å². The first kappa shape index (κ1) is 33.2. The zero-order valence-electron chi connectivity index (χ0n) is 26.5. The minimum Gasteiger partial charge on any atom is -0.373 e. The van der Waals surface area contributed by atoms with Crippen LogP contribution in [0.3, 0.4) is 0 Å². The Hall–Kier alpha value is -4.73. The van der Waals surface area contributed by atoms with E-state index < -0.39 is 23.6 Å². The number of nitrogens with zero attached hydrogens (tertiary/aromatic N) is 6. The van der Waals surface area contributed by atoms with Gasteiger partial charge in [-0.15, -0.1) is 5.10 Å². The summed E-state index contributed by atoms with van der Waals surface area (Å²) in [4.78, 5) is 6.82. The zero-order valence-corrected chi connectivity index (χ0v) is 27.2. The van der Waals surface area contributed by atoms with Gasteiger partial charge in [0.25, 0.3) is 0 Å². The van der Waals surface area contributed by atoms with Crippen molar-refractivity contribution in [3.8, 4) is 6.07 Å². The Labute approximate surface area is 280 Å². The van der Waals surface area contributed by atoms with Crippen molar-refractivity contribution in [1.82, 2.24) is 24.9 Å². The average Bonchev–Trinajstić information content (AvgIpc) is 3.54. The van der Waals surface area contributed by atoms with Crippen LogP contribution in [0.4, 0.5) is 34.6 Å². The van der Waals surface area contributed by atoms with E-state index in [2.05, 4.69) is 51.6 Å². The average molecular weight is 677 g/mol. The van der Waals surface area contributed by atoms with Gasteiger partial charge in [-0.05, 0) is 69.5 Å². The Morgan fingerprint density at radius 1 is 1.00 bits per heavy atom. The number of hydrogen-bond donors (Lipinski definition) is 2. The van der Waals surface area contributed by atoms with Gasteiger partial charge in [0.05, 0.1) is 45.6 Å². The molecule has 0 bridgehead atoms. The van der Waals surface area contributed by atoms with Gasteiger partial charge in [-0.25, -0.2) is 9.07 Å². The Morgan fingerprint density at radius 2 is 1.73 bits per heavy atom. The number of rotatable bonds is 7. The third kappa shape index (κ3) is 6.93. The number of likely N-dealkylation sites (tertiary alicyclic amines) is 1. The maximum absolute atomic E-state index is 14.0. The van der Waals surface area contributed by atoms with E-state index in [4.69, 9.17) is 11.6 Å². The maximum Gasteiger partial charge on any atom is 0.419 e. The lowest BCUT2D eigenvalue weighted by Gasteiger charge is -2.40. The standard InChI is InChI=1S/C35H33ClF4N8/c1-34(2,3)47-13-11-25(12-14-47)48-20-30(45-46-48)32(21-7-5-4-6-8-21)44-24-15-26-31(22(18-41)19-42-33(26)28(36)17-24)43-23-9-10-29(37)27(16-23)35(38,39)40/h4-10,15-17,19-20,25,32,44H,11-14H2,1-3H3,(H,42,43)/t32-/m0/s1. The molecule has 6 rings (SSSR count). The van der Waals surface area contributed by atoms with Gasteiger partial charge in [-0.3, -0.25) is 9.88 Å². The molecule has 248 valence electrons. The maximum atomic E-state index is 14.0. The van der Waals surface area contributed by atoms with Crippen LogP contribution in [0, 0.1) is 17.1 Å². The second-order valence-corrected chi connectivity index (χ2v) is 13.2. The van der Waals surface area contributed by atoms with Gasteiger partial charge in [0.1, 0.15) is 17.6 Å². The SMILES string of the molecule is CC(C)(C)N1CCC(n2cc([C@@H](Nc3cc(Cl)c4ncc(C#N)c(Nc5ccc(F)c(C(F)(F)F)c5)c4c3)c3ccccc3)nn2)CC1. The van der Waals surface area contributed by atoms with Gasteiger partial charge in [0.2, 0.25) is 0 Å². The fraction of sp³-hybridized carbons (Fsp3) is 0.314. The summed E-state index contributed by atoms with van der Waals surface area (Å²) in [6, 6.07) is 17.5. The molecule has 0 unspecified atom stereocenters. The van der Waals surface area contributed by atoms with Crippen LogP contribution in [-0.4, -0.2) is 43.5 Å². The number of benzene rings is 3. The molecule has 48 heavy (non-hydrogen) atoms. The highest BCUT2D eigenvalue weighted by Crippen LogP contribution is 2.39. The second kappa shape index (κ2) is 13.1. The largest absolute Gasteiger partial charge is 0.419 e. The molecular weight excluding hydrogens is 644 g/mol. The molecule has 1 aliphatic heterocycles. The third-order valence-electron chi connectivity index (χ3n) is 8.64. The van der Waals surface area contributed by atoms with Crippen molar-refractivity contribution in [3.05, 3.63) is 106 Å². The minimum absolute atomic E-state index is 0.0608. The Bertz CT molecular complexity index is 1970. The molecule has 13 heteroatoms. The van der Waals surface area contributed by atoms with Crippen molar-refractivity contribution in [2.75, 3.05) is 23.7 Å². The first-order chi connectivity index (χ1) is 22.8. The molecule has 8 nitrogen and oxygen atoms in total. The van der Waals surface area contributed by atoms with Gasteiger partial charge in [-0.2, -0.15) is 18.4 Å². The summed E-state index contributed by atoms with van der Waals surface area (Å²) in [6.07, 6.45) is 0.242. The van der Waals surface area contributed by atoms with E-state index in [9.17, 15) is 22.8 Å². The van der Waals surface area contributed by atoms with Crippen molar-refractivity contribution in [3.63, 3.8) is 0 Å². The number of halogens is 5. The van der Waals surface area contributed by atoms with Gasteiger partial charge in [-0.1, -0.05) is 47.1 Å². The van der Waals surface area contributed by atoms with Crippen molar-refractivity contribution in [2.24, 2.45) is 0 Å². The molecule has 3 heterocycles. The van der Waals surface area contributed by atoms with Crippen LogP contribution in [-0.2, 0) is 6.18 Å². The molecule has 0 aliphatic carbocycles. The molecule has 3 aromatic carbocycles. The summed E-state index contributed by atoms with van der Waals surface area (Å²) in [6.45, 7) is 8.59. The lowest BCUT2D eigenvalue weighted by atomic mass is 9.98. The summed E-state index contributed by atoms with van der Waals surface area (Å²) in [5, 5.41) is 26.0. The smallest absolute Gasteiger partial charge is 0.373 e. The van der Waals surface area contributed by atoms with E-state index >= 15 is 0 Å². The van der Waals surface area contributed by atoms with E-state index in [1.54, 1.807) is 12.1 Å². The number of anilines is 3. The number of alkyl halides is 3. The van der Waals surface area contributed by atoms with Crippen molar-refractivity contribution in [2.45, 2.75) is 57.4 Å². The predicted molar refractivity (Wildman–Crippen MR) is 178 cm³/mol. The molecule has 0 amide bonds. The molecule has 0 saturated carbocycles. The van der Waals surface area contributed by atoms with Crippen LogP contribution in [0.25, 0.3) is 10.9 Å². The Balaban J connectivity index is 1.36. The number of fused-ring (bicyclic) bond motifs is 1. The molecule has 2 aromatic heterocycles. The van der Waals surface area contributed by atoms with Crippen molar-refractivity contribution >= 4 is 39.6 Å². The van der Waals surface area contributed by atoms with E-state index in [0.29, 0.717) is 28.4 Å². The molecule has 1 saturated heterocycles. The number of pyridine rings is 1. The number of aromatic nitrogens is 4. The molecule has 1 atom stereocenters. The Morgan fingerprint density at radius 3 is 2.40 bits per heavy atom. The minimum atomic E-state index is -4.90. The summed E-state index contributed by atoms with van der Waals surface area (Å²) >= 11 is 6.72.